The Labute approximate surface area is 126 Å². The van der Waals surface area contributed by atoms with Crippen LogP contribution in [0.3, 0.4) is 0 Å². The Morgan fingerprint density at radius 2 is 2.10 bits per heavy atom. The number of aromatic amines is 1. The number of thioether (sulfide) groups is 2. The Morgan fingerprint density at radius 3 is 2.80 bits per heavy atom. The molecule has 6 heteroatoms. The molecule has 1 atom stereocenters. The third-order valence-corrected chi connectivity index (χ3v) is 5.33. The largest absolute Gasteiger partial charge is 0.308 e. The molecule has 4 nitrogen and oxygen atoms in total. The SMILES string of the molecule is CSc1ccc([C@H]2SCC(=O)Nc3n[nH]c(C)c32)cc1. The molecule has 104 valence electrons. The van der Waals surface area contributed by atoms with Crippen LogP contribution >= 0.6 is 23.5 Å². The fourth-order valence-electron chi connectivity index (χ4n) is 2.31. The molecule has 0 saturated heterocycles. The van der Waals surface area contributed by atoms with Gasteiger partial charge in [0.1, 0.15) is 0 Å². The van der Waals surface area contributed by atoms with Crippen molar-refractivity contribution in [3.05, 3.63) is 41.1 Å². The number of benzene rings is 1. The summed E-state index contributed by atoms with van der Waals surface area (Å²) >= 11 is 3.37. The molecular weight excluding hydrogens is 290 g/mol. The molecule has 2 heterocycles. The summed E-state index contributed by atoms with van der Waals surface area (Å²) in [6.45, 7) is 1.99. The maximum Gasteiger partial charge on any atom is 0.235 e. The van der Waals surface area contributed by atoms with Crippen LogP contribution in [0.15, 0.2) is 29.2 Å². The van der Waals surface area contributed by atoms with Crippen LogP contribution in [0.25, 0.3) is 0 Å². The summed E-state index contributed by atoms with van der Waals surface area (Å²) in [4.78, 5) is 13.0. The van der Waals surface area contributed by atoms with Gasteiger partial charge in [-0.25, -0.2) is 0 Å². The zero-order valence-corrected chi connectivity index (χ0v) is 12.9. The van der Waals surface area contributed by atoms with Gasteiger partial charge in [0.2, 0.25) is 5.91 Å². The van der Waals surface area contributed by atoms with E-state index in [2.05, 4.69) is 46.0 Å². The summed E-state index contributed by atoms with van der Waals surface area (Å²) in [5.74, 6) is 1.12. The van der Waals surface area contributed by atoms with Gasteiger partial charge in [0.25, 0.3) is 0 Å². The van der Waals surface area contributed by atoms with E-state index in [4.69, 9.17) is 0 Å². The van der Waals surface area contributed by atoms with Gasteiger partial charge in [0.15, 0.2) is 5.82 Å². The number of hydrogen-bond donors (Lipinski definition) is 2. The maximum atomic E-state index is 11.7. The average molecular weight is 305 g/mol. The number of aryl methyl sites for hydroxylation is 1. The molecular formula is C14H15N3OS2. The van der Waals surface area contributed by atoms with E-state index in [1.54, 1.807) is 23.5 Å². The molecule has 0 fully saturated rings. The van der Waals surface area contributed by atoms with Crippen molar-refractivity contribution in [3.8, 4) is 0 Å². The van der Waals surface area contributed by atoms with Crippen LogP contribution in [0.1, 0.15) is 22.1 Å². The number of nitrogens with one attached hydrogen (secondary N) is 2. The lowest BCUT2D eigenvalue weighted by Gasteiger charge is -2.15. The highest BCUT2D eigenvalue weighted by molar-refractivity contribution is 8.00. The molecule has 1 aromatic heterocycles. The molecule has 0 radical (unpaired) electrons. The van der Waals surface area contributed by atoms with Crippen LogP contribution in [0, 0.1) is 6.92 Å². The smallest absolute Gasteiger partial charge is 0.235 e. The highest BCUT2D eigenvalue weighted by atomic mass is 32.2. The Morgan fingerprint density at radius 1 is 1.35 bits per heavy atom. The van der Waals surface area contributed by atoms with E-state index >= 15 is 0 Å². The van der Waals surface area contributed by atoms with Gasteiger partial charge in [-0.05, 0) is 30.9 Å². The minimum absolute atomic E-state index is 0.00554. The van der Waals surface area contributed by atoms with Crippen LogP contribution in [0.4, 0.5) is 5.82 Å². The van der Waals surface area contributed by atoms with E-state index in [0.717, 1.165) is 11.3 Å². The molecule has 0 unspecified atom stereocenters. The molecule has 0 bridgehead atoms. The fraction of sp³-hybridized carbons (Fsp3) is 0.286. The predicted molar refractivity (Wildman–Crippen MR) is 84.5 cm³/mol. The quantitative estimate of drug-likeness (QED) is 0.837. The van der Waals surface area contributed by atoms with E-state index in [1.165, 1.54) is 10.5 Å². The first-order valence-corrected chi connectivity index (χ1v) is 8.56. The highest BCUT2D eigenvalue weighted by Gasteiger charge is 2.27. The molecule has 1 aliphatic heterocycles. The van der Waals surface area contributed by atoms with Crippen molar-refractivity contribution in [2.24, 2.45) is 0 Å². The second-order valence-electron chi connectivity index (χ2n) is 4.62. The molecule has 2 aromatic rings. The molecule has 0 aliphatic carbocycles. The molecule has 1 aromatic carbocycles. The van der Waals surface area contributed by atoms with Gasteiger partial charge in [0, 0.05) is 16.2 Å². The summed E-state index contributed by atoms with van der Waals surface area (Å²) in [7, 11) is 0. The van der Waals surface area contributed by atoms with E-state index < -0.39 is 0 Å². The van der Waals surface area contributed by atoms with Gasteiger partial charge in [-0.2, -0.15) is 5.10 Å². The monoisotopic (exact) mass is 305 g/mol. The molecule has 2 N–H and O–H groups in total. The van der Waals surface area contributed by atoms with E-state index in [1.807, 2.05) is 6.92 Å². The van der Waals surface area contributed by atoms with Gasteiger partial charge in [-0.15, -0.1) is 23.5 Å². The maximum absolute atomic E-state index is 11.7. The van der Waals surface area contributed by atoms with Gasteiger partial charge in [-0.1, -0.05) is 12.1 Å². The number of H-pyrrole nitrogens is 1. The van der Waals surface area contributed by atoms with Crippen molar-refractivity contribution in [1.29, 1.82) is 0 Å². The van der Waals surface area contributed by atoms with Gasteiger partial charge < -0.3 is 5.32 Å². The highest BCUT2D eigenvalue weighted by Crippen LogP contribution is 2.42. The lowest BCUT2D eigenvalue weighted by molar-refractivity contribution is -0.113. The van der Waals surface area contributed by atoms with E-state index in [9.17, 15) is 4.79 Å². The molecule has 1 aliphatic rings. The Bertz CT molecular complexity index is 636. The summed E-state index contributed by atoms with van der Waals surface area (Å²) in [5, 5.41) is 10.2. The number of amides is 1. The zero-order chi connectivity index (χ0) is 14.1. The standard InChI is InChI=1S/C14H15N3OS2/c1-8-12-13(9-3-5-10(19-2)6-4-9)20-7-11(18)15-14(12)17-16-8/h3-6,13H,7H2,1-2H3,(H2,15,16,17,18)/t13-/m1/s1. The van der Waals surface area contributed by atoms with Crippen molar-refractivity contribution in [2.75, 3.05) is 17.3 Å². The van der Waals surface area contributed by atoms with E-state index in [0.29, 0.717) is 11.6 Å². The number of carbonyl (C=O) groups is 1. The molecule has 3 rings (SSSR count). The number of nitrogens with zero attached hydrogens (tertiary/aromatic N) is 1. The summed E-state index contributed by atoms with van der Waals surface area (Å²) in [6.07, 6.45) is 2.07. The second kappa shape index (κ2) is 5.54. The van der Waals surface area contributed by atoms with Crippen LogP contribution in [0.2, 0.25) is 0 Å². The van der Waals surface area contributed by atoms with Crippen LogP contribution in [-0.4, -0.2) is 28.1 Å². The minimum atomic E-state index is 0.00554. The van der Waals surface area contributed by atoms with Gasteiger partial charge >= 0.3 is 0 Å². The Balaban J connectivity index is 2.03. The van der Waals surface area contributed by atoms with Crippen molar-refractivity contribution in [1.82, 2.24) is 10.2 Å². The topological polar surface area (TPSA) is 57.8 Å². The first-order valence-electron chi connectivity index (χ1n) is 6.29. The molecule has 20 heavy (non-hydrogen) atoms. The minimum Gasteiger partial charge on any atom is -0.308 e. The first kappa shape index (κ1) is 13.6. The summed E-state index contributed by atoms with van der Waals surface area (Å²) in [6, 6.07) is 8.51. The zero-order valence-electron chi connectivity index (χ0n) is 11.3. The van der Waals surface area contributed by atoms with Gasteiger partial charge in [-0.3, -0.25) is 9.89 Å². The van der Waals surface area contributed by atoms with Gasteiger partial charge in [0.05, 0.1) is 11.0 Å². The second-order valence-corrected chi connectivity index (χ2v) is 6.60. The number of fused-ring (bicyclic) bond motifs is 1. The lowest BCUT2D eigenvalue weighted by atomic mass is 10.0. The predicted octanol–water partition coefficient (Wildman–Crippen LogP) is 3.21. The first-order chi connectivity index (χ1) is 9.69. The van der Waals surface area contributed by atoms with Crippen molar-refractivity contribution in [3.63, 3.8) is 0 Å². The van der Waals surface area contributed by atoms with Crippen LogP contribution in [0.5, 0.6) is 0 Å². The average Bonchev–Trinajstić information content (AvgIpc) is 2.72. The van der Waals surface area contributed by atoms with Crippen molar-refractivity contribution >= 4 is 35.2 Å². The Hall–Kier alpha value is -1.40. The molecule has 0 saturated carbocycles. The van der Waals surface area contributed by atoms with Crippen molar-refractivity contribution < 1.29 is 4.79 Å². The Kier molecular flexibility index (Phi) is 3.76. The fourth-order valence-corrected chi connectivity index (χ4v) is 3.91. The number of rotatable bonds is 2. The number of anilines is 1. The molecule has 1 amide bonds. The molecule has 0 spiro atoms. The number of aromatic nitrogens is 2. The number of carbonyl (C=O) groups excluding carboxylic acids is 1. The number of hydrogen-bond acceptors (Lipinski definition) is 4. The normalized spacial score (nSPS) is 18.3. The lowest BCUT2D eigenvalue weighted by Crippen LogP contribution is -2.12. The summed E-state index contributed by atoms with van der Waals surface area (Å²) in [5.41, 5.74) is 3.29. The van der Waals surface area contributed by atoms with E-state index in [-0.39, 0.29) is 11.2 Å². The van der Waals surface area contributed by atoms with Crippen molar-refractivity contribution in [2.45, 2.75) is 17.1 Å². The van der Waals surface area contributed by atoms with Crippen LogP contribution < -0.4 is 5.32 Å². The third-order valence-electron chi connectivity index (χ3n) is 3.31. The third kappa shape index (κ3) is 2.45. The van der Waals surface area contributed by atoms with Crippen LogP contribution in [-0.2, 0) is 4.79 Å². The summed E-state index contributed by atoms with van der Waals surface area (Å²) < 4.78 is 0.